The van der Waals surface area contributed by atoms with Gasteiger partial charge >= 0.3 is 0 Å². The molecule has 2 heterocycles. The average molecular weight is 507 g/mol. The molecular formula is C22H27BrN4O3S. The Morgan fingerprint density at radius 3 is 2.77 bits per heavy atom. The number of hydrazone groups is 1. The standard InChI is InChI=1S/C22H27BrN4O3S/c1-3-4-5-6-7-8-19-26-27-20(24)16(21(28)25-22(27)31-19)13-15-9-10-17(30-12-11-23)18(14-15)29-2/h9-10,13-14,24H,3-8,11-12H2,1-2H3/b16-13-,24-20?. The zero-order valence-electron chi connectivity index (χ0n) is 17.8. The van der Waals surface area contributed by atoms with E-state index in [1.807, 2.05) is 6.07 Å². The van der Waals surface area contributed by atoms with Crippen molar-refractivity contribution >= 4 is 55.7 Å². The Morgan fingerprint density at radius 1 is 1.23 bits per heavy atom. The SMILES string of the molecule is CCCCCCCC1=NN2C(=N)/C(=C/c3ccc(OCCBr)c(OC)c3)C(=O)N=C2S1. The minimum Gasteiger partial charge on any atom is -0.493 e. The molecule has 31 heavy (non-hydrogen) atoms. The van der Waals surface area contributed by atoms with Crippen molar-refractivity contribution in [3.8, 4) is 11.5 Å². The topological polar surface area (TPSA) is 87.3 Å². The highest BCUT2D eigenvalue weighted by molar-refractivity contribution is 9.09. The van der Waals surface area contributed by atoms with Gasteiger partial charge in [0.1, 0.15) is 5.04 Å². The van der Waals surface area contributed by atoms with E-state index in [0.717, 1.165) is 23.4 Å². The fraction of sp³-hybridized carbons (Fsp3) is 0.455. The van der Waals surface area contributed by atoms with Crippen LogP contribution < -0.4 is 9.47 Å². The van der Waals surface area contributed by atoms with E-state index in [1.165, 1.54) is 42.5 Å². The molecule has 3 rings (SSSR count). The second-order valence-corrected chi connectivity index (χ2v) is 8.96. The molecule has 166 valence electrons. The van der Waals surface area contributed by atoms with E-state index in [1.54, 1.807) is 25.3 Å². The number of fused-ring (bicyclic) bond motifs is 1. The van der Waals surface area contributed by atoms with Gasteiger partial charge < -0.3 is 9.47 Å². The minimum atomic E-state index is -0.429. The predicted molar refractivity (Wildman–Crippen MR) is 131 cm³/mol. The number of methoxy groups -OCH3 is 1. The van der Waals surface area contributed by atoms with Gasteiger partial charge in [-0.05, 0) is 48.4 Å². The summed E-state index contributed by atoms with van der Waals surface area (Å²) >= 11 is 4.72. The monoisotopic (exact) mass is 506 g/mol. The number of unbranched alkanes of at least 4 members (excludes halogenated alkanes) is 4. The molecule has 2 aliphatic heterocycles. The lowest BCUT2D eigenvalue weighted by Crippen LogP contribution is -2.35. The summed E-state index contributed by atoms with van der Waals surface area (Å²) in [6, 6.07) is 5.39. The molecule has 0 unspecified atom stereocenters. The Kier molecular flexibility index (Phi) is 8.71. The molecule has 1 aromatic carbocycles. The Labute approximate surface area is 195 Å². The number of hydrogen-bond acceptors (Lipinski definition) is 6. The number of nitrogens with zero attached hydrogens (tertiary/aromatic N) is 3. The van der Waals surface area contributed by atoms with Gasteiger partial charge in [0.05, 0.1) is 19.3 Å². The third-order valence-corrected chi connectivity index (χ3v) is 6.12. The molecule has 1 amide bonds. The number of nitrogens with one attached hydrogen (secondary N) is 1. The number of benzene rings is 1. The van der Waals surface area contributed by atoms with Crippen molar-refractivity contribution in [2.24, 2.45) is 10.1 Å². The Hall–Kier alpha value is -2.13. The van der Waals surface area contributed by atoms with E-state index in [-0.39, 0.29) is 11.4 Å². The quantitative estimate of drug-likeness (QED) is 0.245. The van der Waals surface area contributed by atoms with E-state index >= 15 is 0 Å². The van der Waals surface area contributed by atoms with Crippen LogP contribution in [0, 0.1) is 5.41 Å². The number of ether oxygens (including phenoxy) is 2. The van der Waals surface area contributed by atoms with Crippen molar-refractivity contribution in [3.63, 3.8) is 0 Å². The summed E-state index contributed by atoms with van der Waals surface area (Å²) in [6.45, 7) is 2.71. The Balaban J connectivity index is 1.73. The summed E-state index contributed by atoms with van der Waals surface area (Å²) in [4.78, 5) is 16.8. The molecule has 7 nitrogen and oxygen atoms in total. The lowest BCUT2D eigenvalue weighted by molar-refractivity contribution is -0.114. The first-order valence-corrected chi connectivity index (χ1v) is 12.4. The number of carbonyl (C=O) groups is 1. The maximum absolute atomic E-state index is 12.6. The summed E-state index contributed by atoms with van der Waals surface area (Å²) in [7, 11) is 1.57. The normalized spacial score (nSPS) is 17.0. The number of amides is 1. The largest absolute Gasteiger partial charge is 0.493 e. The Morgan fingerprint density at radius 2 is 2.03 bits per heavy atom. The van der Waals surface area contributed by atoms with E-state index in [9.17, 15) is 4.79 Å². The molecule has 0 saturated heterocycles. The molecule has 1 aromatic rings. The number of alkyl halides is 1. The van der Waals surface area contributed by atoms with Gasteiger partial charge in [-0.3, -0.25) is 10.2 Å². The summed E-state index contributed by atoms with van der Waals surface area (Å²) in [5.74, 6) is 0.803. The second kappa shape index (κ2) is 11.5. The summed E-state index contributed by atoms with van der Waals surface area (Å²) in [5.41, 5.74) is 0.926. The number of thioether (sulfide) groups is 1. The van der Waals surface area contributed by atoms with Gasteiger partial charge in [-0.1, -0.05) is 54.6 Å². The maximum Gasteiger partial charge on any atom is 0.283 e. The molecule has 0 saturated carbocycles. The molecular weight excluding hydrogens is 480 g/mol. The highest BCUT2D eigenvalue weighted by Gasteiger charge is 2.35. The van der Waals surface area contributed by atoms with Crippen LogP contribution in [0.1, 0.15) is 51.0 Å². The van der Waals surface area contributed by atoms with Crippen molar-refractivity contribution in [1.29, 1.82) is 5.41 Å². The minimum absolute atomic E-state index is 0.0436. The molecule has 0 aromatic heterocycles. The van der Waals surface area contributed by atoms with E-state index < -0.39 is 5.91 Å². The molecule has 0 spiro atoms. The van der Waals surface area contributed by atoms with Gasteiger partial charge in [0, 0.05) is 5.33 Å². The van der Waals surface area contributed by atoms with Gasteiger partial charge in [-0.25, -0.2) is 0 Å². The zero-order chi connectivity index (χ0) is 22.2. The fourth-order valence-electron chi connectivity index (χ4n) is 3.22. The average Bonchev–Trinajstić information content (AvgIpc) is 3.18. The van der Waals surface area contributed by atoms with Crippen LogP contribution in [-0.2, 0) is 4.79 Å². The molecule has 0 radical (unpaired) electrons. The van der Waals surface area contributed by atoms with Gasteiger partial charge in [-0.2, -0.15) is 15.1 Å². The molecule has 0 fully saturated rings. The van der Waals surface area contributed by atoms with Gasteiger partial charge in [0.2, 0.25) is 5.17 Å². The smallest absolute Gasteiger partial charge is 0.283 e. The van der Waals surface area contributed by atoms with Crippen molar-refractivity contribution in [1.82, 2.24) is 5.01 Å². The predicted octanol–water partition coefficient (Wildman–Crippen LogP) is 5.45. The second-order valence-electron chi connectivity index (χ2n) is 7.13. The number of carbonyl (C=O) groups excluding carboxylic acids is 1. The zero-order valence-corrected chi connectivity index (χ0v) is 20.2. The number of hydrogen-bond donors (Lipinski definition) is 1. The van der Waals surface area contributed by atoms with Crippen LogP contribution in [0.2, 0.25) is 0 Å². The third kappa shape index (κ3) is 5.98. The molecule has 2 aliphatic rings. The number of halogens is 1. The first kappa shape index (κ1) is 23.5. The third-order valence-electron chi connectivity index (χ3n) is 4.82. The van der Waals surface area contributed by atoms with Crippen molar-refractivity contribution < 1.29 is 14.3 Å². The molecule has 9 heteroatoms. The van der Waals surface area contributed by atoms with Gasteiger partial charge in [0.15, 0.2) is 17.3 Å². The fourth-order valence-corrected chi connectivity index (χ4v) is 4.31. The van der Waals surface area contributed by atoms with Crippen molar-refractivity contribution in [2.75, 3.05) is 19.0 Å². The van der Waals surface area contributed by atoms with E-state index in [0.29, 0.717) is 28.6 Å². The van der Waals surface area contributed by atoms with Crippen LogP contribution >= 0.6 is 27.7 Å². The van der Waals surface area contributed by atoms with Crippen LogP contribution in [-0.4, -0.2) is 46.0 Å². The molecule has 0 bridgehead atoms. The van der Waals surface area contributed by atoms with Crippen LogP contribution in [0.25, 0.3) is 6.08 Å². The molecule has 0 aliphatic carbocycles. The number of amidine groups is 2. The molecule has 0 atom stereocenters. The van der Waals surface area contributed by atoms with Gasteiger partial charge in [0.25, 0.3) is 5.91 Å². The van der Waals surface area contributed by atoms with Crippen LogP contribution in [0.4, 0.5) is 0 Å². The van der Waals surface area contributed by atoms with Gasteiger partial charge in [-0.15, -0.1) is 0 Å². The van der Waals surface area contributed by atoms with Crippen molar-refractivity contribution in [3.05, 3.63) is 29.3 Å². The Bertz CT molecular complexity index is 929. The van der Waals surface area contributed by atoms with Crippen molar-refractivity contribution in [2.45, 2.75) is 45.4 Å². The first-order chi connectivity index (χ1) is 15.1. The van der Waals surface area contributed by atoms with E-state index in [2.05, 4.69) is 32.9 Å². The summed E-state index contributed by atoms with van der Waals surface area (Å²) in [5, 5.41) is 16.6. The maximum atomic E-state index is 12.6. The lowest BCUT2D eigenvalue weighted by Gasteiger charge is -2.20. The summed E-state index contributed by atoms with van der Waals surface area (Å²) in [6.07, 6.45) is 8.40. The van der Waals surface area contributed by atoms with Crippen LogP contribution in [0.15, 0.2) is 33.9 Å². The number of aliphatic imine (C=N–C) groups is 1. The first-order valence-electron chi connectivity index (χ1n) is 10.4. The van der Waals surface area contributed by atoms with Crippen LogP contribution in [0.5, 0.6) is 11.5 Å². The number of rotatable bonds is 11. The highest BCUT2D eigenvalue weighted by Crippen LogP contribution is 2.32. The summed E-state index contributed by atoms with van der Waals surface area (Å²) < 4.78 is 11.0. The molecule has 1 N–H and O–H groups in total. The van der Waals surface area contributed by atoms with Crippen LogP contribution in [0.3, 0.4) is 0 Å². The lowest BCUT2D eigenvalue weighted by atomic mass is 10.1. The van der Waals surface area contributed by atoms with E-state index in [4.69, 9.17) is 14.9 Å². The highest BCUT2D eigenvalue weighted by atomic mass is 79.9.